The summed E-state index contributed by atoms with van der Waals surface area (Å²) in [5.74, 6) is 0.985. The second-order valence-electron chi connectivity index (χ2n) is 6.23. The summed E-state index contributed by atoms with van der Waals surface area (Å²) in [7, 11) is 1.79. The van der Waals surface area contributed by atoms with Crippen LogP contribution in [0.2, 0.25) is 5.02 Å². The number of nitrogens with one attached hydrogen (secondary N) is 1. The summed E-state index contributed by atoms with van der Waals surface area (Å²) in [6.45, 7) is 1.86. The lowest BCUT2D eigenvalue weighted by Gasteiger charge is -2.14. The number of hydrogen-bond donors (Lipinski definition) is 1. The highest BCUT2D eigenvalue weighted by Gasteiger charge is 2.18. The standard InChI is InChI=1S/C19H18ClN5O4S/c1-12(29-14-6-4-3-5-7-14)18-22-23-19(24(18)2)30-11-17(26)21-16-10-13(25(27)28)8-9-15(16)20/h3-10,12H,11H2,1-2H3,(H,21,26). The van der Waals surface area contributed by atoms with Crippen LogP contribution in [0, 0.1) is 10.1 Å². The van der Waals surface area contributed by atoms with Crippen LogP contribution in [-0.2, 0) is 11.8 Å². The highest BCUT2D eigenvalue weighted by Crippen LogP contribution is 2.27. The molecule has 0 saturated heterocycles. The van der Waals surface area contributed by atoms with E-state index in [9.17, 15) is 14.9 Å². The summed E-state index contributed by atoms with van der Waals surface area (Å²) in [5.41, 5.74) is 0.0210. The number of amides is 1. The van der Waals surface area contributed by atoms with Crippen molar-refractivity contribution in [3.8, 4) is 5.75 Å². The van der Waals surface area contributed by atoms with Gasteiger partial charge in [-0.2, -0.15) is 0 Å². The first-order valence-corrected chi connectivity index (χ1v) is 10.2. The van der Waals surface area contributed by atoms with Crippen LogP contribution in [0.1, 0.15) is 18.9 Å². The SMILES string of the molecule is CC(Oc1ccccc1)c1nnc(SCC(=O)Nc2cc([N+](=O)[O-])ccc2Cl)n1C. The maximum absolute atomic E-state index is 12.3. The molecule has 1 heterocycles. The van der Waals surface area contributed by atoms with Crippen molar-refractivity contribution in [3.63, 3.8) is 0 Å². The Balaban J connectivity index is 1.61. The fourth-order valence-corrected chi connectivity index (χ4v) is 3.48. The molecule has 1 aromatic heterocycles. The number of carbonyl (C=O) groups excluding carboxylic acids is 1. The molecule has 1 atom stereocenters. The second-order valence-corrected chi connectivity index (χ2v) is 7.58. The van der Waals surface area contributed by atoms with Gasteiger partial charge < -0.3 is 14.6 Å². The van der Waals surface area contributed by atoms with Gasteiger partial charge in [-0.05, 0) is 25.1 Å². The molecule has 30 heavy (non-hydrogen) atoms. The zero-order valence-electron chi connectivity index (χ0n) is 16.1. The number of non-ortho nitro benzene ring substituents is 1. The highest BCUT2D eigenvalue weighted by molar-refractivity contribution is 7.99. The van der Waals surface area contributed by atoms with Gasteiger partial charge in [0.15, 0.2) is 17.1 Å². The smallest absolute Gasteiger partial charge is 0.271 e. The van der Waals surface area contributed by atoms with Crippen LogP contribution in [0.4, 0.5) is 11.4 Å². The lowest BCUT2D eigenvalue weighted by molar-refractivity contribution is -0.384. The topological polar surface area (TPSA) is 112 Å². The molecule has 0 saturated carbocycles. The number of halogens is 1. The molecule has 156 valence electrons. The Morgan fingerprint density at radius 3 is 2.73 bits per heavy atom. The molecule has 0 spiro atoms. The van der Waals surface area contributed by atoms with Crippen LogP contribution in [0.15, 0.2) is 53.7 Å². The average Bonchev–Trinajstić information content (AvgIpc) is 3.09. The summed E-state index contributed by atoms with van der Waals surface area (Å²) in [6, 6.07) is 13.2. The van der Waals surface area contributed by atoms with Crippen LogP contribution >= 0.6 is 23.4 Å². The van der Waals surface area contributed by atoms with Gasteiger partial charge in [-0.3, -0.25) is 14.9 Å². The molecule has 1 amide bonds. The zero-order valence-corrected chi connectivity index (χ0v) is 17.7. The van der Waals surface area contributed by atoms with Crippen molar-refractivity contribution in [2.24, 2.45) is 7.05 Å². The lowest BCUT2D eigenvalue weighted by atomic mass is 10.3. The molecule has 0 aliphatic heterocycles. The molecule has 2 aromatic carbocycles. The minimum atomic E-state index is -0.555. The van der Waals surface area contributed by atoms with E-state index >= 15 is 0 Å². The Kier molecular flexibility index (Phi) is 6.91. The van der Waals surface area contributed by atoms with E-state index in [-0.39, 0.29) is 34.2 Å². The first kappa shape index (κ1) is 21.6. The van der Waals surface area contributed by atoms with E-state index in [1.54, 1.807) is 11.6 Å². The third-order valence-corrected chi connectivity index (χ3v) is 5.41. The highest BCUT2D eigenvalue weighted by atomic mass is 35.5. The third kappa shape index (κ3) is 5.28. The van der Waals surface area contributed by atoms with Crippen molar-refractivity contribution in [1.29, 1.82) is 0 Å². The number of hydrogen-bond acceptors (Lipinski definition) is 7. The van der Waals surface area contributed by atoms with E-state index < -0.39 is 4.92 Å². The first-order valence-electron chi connectivity index (χ1n) is 8.82. The zero-order chi connectivity index (χ0) is 21.7. The molecular formula is C19H18ClN5O4S. The Morgan fingerprint density at radius 2 is 2.03 bits per heavy atom. The van der Waals surface area contributed by atoms with Gasteiger partial charge in [0.2, 0.25) is 5.91 Å². The van der Waals surface area contributed by atoms with Gasteiger partial charge in [0, 0.05) is 19.2 Å². The Labute approximate surface area is 181 Å². The Bertz CT molecular complexity index is 1060. The summed E-state index contributed by atoms with van der Waals surface area (Å²) in [4.78, 5) is 22.6. The van der Waals surface area contributed by atoms with Gasteiger partial charge in [-0.15, -0.1) is 10.2 Å². The van der Waals surface area contributed by atoms with E-state index in [2.05, 4.69) is 15.5 Å². The largest absolute Gasteiger partial charge is 0.483 e. The van der Waals surface area contributed by atoms with Gasteiger partial charge in [0.1, 0.15) is 5.75 Å². The van der Waals surface area contributed by atoms with Gasteiger partial charge in [-0.1, -0.05) is 41.6 Å². The van der Waals surface area contributed by atoms with Crippen molar-refractivity contribution in [3.05, 3.63) is 69.5 Å². The molecule has 3 aromatic rings. The number of benzene rings is 2. The number of rotatable bonds is 8. The number of thioether (sulfide) groups is 1. The molecule has 0 bridgehead atoms. The number of ether oxygens (including phenoxy) is 1. The maximum Gasteiger partial charge on any atom is 0.271 e. The molecule has 3 rings (SSSR count). The summed E-state index contributed by atoms with van der Waals surface area (Å²) in [6.07, 6.45) is -0.336. The lowest BCUT2D eigenvalue weighted by Crippen LogP contribution is -2.15. The number of aromatic nitrogens is 3. The normalized spacial score (nSPS) is 11.7. The van der Waals surface area contributed by atoms with E-state index in [1.165, 1.54) is 30.0 Å². The predicted molar refractivity (Wildman–Crippen MR) is 114 cm³/mol. The molecule has 0 aliphatic rings. The molecule has 1 N–H and O–H groups in total. The predicted octanol–water partition coefficient (Wildman–Crippen LogP) is 4.25. The van der Waals surface area contributed by atoms with Gasteiger partial charge in [0.05, 0.1) is 21.4 Å². The molecule has 1 unspecified atom stereocenters. The molecule has 0 fully saturated rings. The van der Waals surface area contributed by atoms with Crippen molar-refractivity contribution < 1.29 is 14.5 Å². The van der Waals surface area contributed by atoms with Crippen LogP contribution in [0.5, 0.6) is 5.75 Å². The second kappa shape index (κ2) is 9.59. The van der Waals surface area contributed by atoms with Gasteiger partial charge in [-0.25, -0.2) is 0 Å². The summed E-state index contributed by atoms with van der Waals surface area (Å²) >= 11 is 7.19. The third-order valence-electron chi connectivity index (χ3n) is 4.06. The monoisotopic (exact) mass is 447 g/mol. The molecule has 0 aliphatic carbocycles. The van der Waals surface area contributed by atoms with Crippen LogP contribution in [0.25, 0.3) is 0 Å². The van der Waals surface area contributed by atoms with Crippen LogP contribution in [0.3, 0.4) is 0 Å². The Morgan fingerprint density at radius 1 is 1.30 bits per heavy atom. The van der Waals surface area contributed by atoms with Crippen molar-refractivity contribution in [2.75, 3.05) is 11.1 Å². The van der Waals surface area contributed by atoms with E-state index in [4.69, 9.17) is 16.3 Å². The number of para-hydroxylation sites is 1. The summed E-state index contributed by atoms with van der Waals surface area (Å²) in [5, 5.41) is 22.5. The quantitative estimate of drug-likeness (QED) is 0.312. The fraction of sp³-hybridized carbons (Fsp3) is 0.211. The molecule has 11 heteroatoms. The minimum absolute atomic E-state index is 0.0267. The van der Waals surface area contributed by atoms with Gasteiger partial charge >= 0.3 is 0 Å². The van der Waals surface area contributed by atoms with E-state index in [0.29, 0.717) is 11.0 Å². The Hall–Kier alpha value is -3.11. The maximum atomic E-state index is 12.3. The van der Waals surface area contributed by atoms with Gasteiger partial charge in [0.25, 0.3) is 5.69 Å². The number of nitro benzene ring substituents is 1. The van der Waals surface area contributed by atoms with E-state index in [1.807, 2.05) is 37.3 Å². The van der Waals surface area contributed by atoms with Crippen molar-refractivity contribution >= 4 is 40.6 Å². The molecular weight excluding hydrogens is 430 g/mol. The van der Waals surface area contributed by atoms with Crippen molar-refractivity contribution in [1.82, 2.24) is 14.8 Å². The minimum Gasteiger partial charge on any atom is -0.483 e. The van der Waals surface area contributed by atoms with Crippen LogP contribution < -0.4 is 10.1 Å². The average molecular weight is 448 g/mol. The van der Waals surface area contributed by atoms with Crippen LogP contribution in [-0.4, -0.2) is 31.3 Å². The number of nitro groups is 1. The number of anilines is 1. The summed E-state index contributed by atoms with van der Waals surface area (Å²) < 4.78 is 7.62. The molecule has 0 radical (unpaired) electrons. The number of nitrogens with zero attached hydrogens (tertiary/aromatic N) is 4. The number of carbonyl (C=O) groups is 1. The first-order chi connectivity index (χ1) is 14.3. The molecule has 9 nitrogen and oxygen atoms in total. The van der Waals surface area contributed by atoms with E-state index in [0.717, 1.165) is 5.75 Å². The van der Waals surface area contributed by atoms with Crippen molar-refractivity contribution in [2.45, 2.75) is 18.2 Å². The fourth-order valence-electron chi connectivity index (χ4n) is 2.60.